The maximum absolute atomic E-state index is 12.3. The van der Waals surface area contributed by atoms with Crippen LogP contribution in [0.15, 0.2) is 48.9 Å². The number of amides is 1. The van der Waals surface area contributed by atoms with Crippen LogP contribution in [0.2, 0.25) is 0 Å². The Morgan fingerprint density at radius 3 is 2.91 bits per heavy atom. The predicted molar refractivity (Wildman–Crippen MR) is 82.1 cm³/mol. The number of ether oxygens (including phenoxy) is 1. The van der Waals surface area contributed by atoms with Crippen LogP contribution in [0, 0.1) is 5.92 Å². The minimum Gasteiger partial charge on any atom is -0.376 e. The molecule has 0 aliphatic carbocycles. The number of aromatic nitrogens is 2. The summed E-state index contributed by atoms with van der Waals surface area (Å²) < 4.78 is 5.77. The lowest BCUT2D eigenvalue weighted by molar-refractivity contribution is 0.0728. The molecule has 1 atom stereocenters. The Labute approximate surface area is 130 Å². The van der Waals surface area contributed by atoms with Crippen LogP contribution in [0.5, 0.6) is 0 Å². The number of likely N-dealkylation sites (tertiary alicyclic amines) is 1. The highest BCUT2D eigenvalue weighted by atomic mass is 16.5. The average Bonchev–Trinajstić information content (AvgIpc) is 3.05. The van der Waals surface area contributed by atoms with Crippen molar-refractivity contribution in [3.8, 4) is 0 Å². The molecule has 1 unspecified atom stereocenters. The molecule has 0 N–H and O–H groups in total. The van der Waals surface area contributed by atoms with Gasteiger partial charge in [-0.05, 0) is 12.0 Å². The normalized spacial score (nSPS) is 17.6. The van der Waals surface area contributed by atoms with E-state index in [9.17, 15) is 4.79 Å². The second kappa shape index (κ2) is 7.13. The fourth-order valence-electron chi connectivity index (χ4n) is 2.64. The molecule has 5 heteroatoms. The zero-order chi connectivity index (χ0) is 15.2. The largest absolute Gasteiger partial charge is 0.376 e. The smallest absolute Gasteiger partial charge is 0.274 e. The van der Waals surface area contributed by atoms with E-state index in [0.717, 1.165) is 19.5 Å². The highest BCUT2D eigenvalue weighted by Crippen LogP contribution is 2.18. The summed E-state index contributed by atoms with van der Waals surface area (Å²) in [7, 11) is 0. The molecule has 1 fully saturated rings. The molecule has 1 aliphatic heterocycles. The van der Waals surface area contributed by atoms with Crippen LogP contribution in [0.3, 0.4) is 0 Å². The molecular formula is C17H19N3O2. The van der Waals surface area contributed by atoms with Crippen molar-refractivity contribution in [2.75, 3.05) is 19.7 Å². The van der Waals surface area contributed by atoms with Crippen molar-refractivity contribution in [2.45, 2.75) is 13.0 Å². The van der Waals surface area contributed by atoms with Crippen molar-refractivity contribution >= 4 is 5.91 Å². The van der Waals surface area contributed by atoms with Crippen LogP contribution in [-0.4, -0.2) is 40.5 Å². The molecule has 2 aromatic rings. The number of benzene rings is 1. The number of carbonyl (C=O) groups is 1. The fraction of sp³-hybridized carbons (Fsp3) is 0.353. The molecule has 0 spiro atoms. The van der Waals surface area contributed by atoms with Gasteiger partial charge in [0.05, 0.1) is 19.4 Å². The third-order valence-electron chi connectivity index (χ3n) is 3.82. The lowest BCUT2D eigenvalue weighted by Crippen LogP contribution is -2.30. The van der Waals surface area contributed by atoms with Crippen molar-refractivity contribution in [2.24, 2.45) is 5.92 Å². The fourth-order valence-corrected chi connectivity index (χ4v) is 2.64. The standard InChI is InChI=1S/C17H19N3O2/c21-17(16-10-18-7-8-19-16)20-9-6-15(11-20)13-22-12-14-4-2-1-3-5-14/h1-5,7-8,10,15H,6,9,11-13H2. The molecule has 3 rings (SSSR count). The van der Waals surface area contributed by atoms with Crippen molar-refractivity contribution in [3.63, 3.8) is 0 Å². The highest BCUT2D eigenvalue weighted by Gasteiger charge is 2.27. The monoisotopic (exact) mass is 297 g/mol. The quantitative estimate of drug-likeness (QED) is 0.848. The first-order valence-electron chi connectivity index (χ1n) is 7.50. The van der Waals surface area contributed by atoms with Crippen LogP contribution in [0.25, 0.3) is 0 Å². The van der Waals surface area contributed by atoms with Crippen LogP contribution in [-0.2, 0) is 11.3 Å². The molecule has 0 saturated carbocycles. The average molecular weight is 297 g/mol. The van der Waals surface area contributed by atoms with Crippen LogP contribution in [0.1, 0.15) is 22.5 Å². The van der Waals surface area contributed by atoms with E-state index in [-0.39, 0.29) is 5.91 Å². The number of hydrogen-bond donors (Lipinski definition) is 0. The highest BCUT2D eigenvalue weighted by molar-refractivity contribution is 5.92. The topological polar surface area (TPSA) is 55.3 Å². The number of nitrogens with zero attached hydrogens (tertiary/aromatic N) is 3. The second-order valence-electron chi connectivity index (χ2n) is 5.50. The van der Waals surface area contributed by atoms with Gasteiger partial charge in [0.2, 0.25) is 0 Å². The summed E-state index contributed by atoms with van der Waals surface area (Å²) in [5.74, 6) is 0.350. The number of carbonyl (C=O) groups excluding carboxylic acids is 1. The van der Waals surface area contributed by atoms with Crippen LogP contribution >= 0.6 is 0 Å². The van der Waals surface area contributed by atoms with Crippen LogP contribution in [0.4, 0.5) is 0 Å². The zero-order valence-electron chi connectivity index (χ0n) is 12.4. The first-order chi connectivity index (χ1) is 10.8. The first-order valence-corrected chi connectivity index (χ1v) is 7.50. The van der Waals surface area contributed by atoms with Gasteiger partial charge in [0.25, 0.3) is 5.91 Å². The first kappa shape index (κ1) is 14.7. The van der Waals surface area contributed by atoms with E-state index in [1.165, 1.54) is 11.8 Å². The number of rotatable bonds is 5. The Balaban J connectivity index is 1.45. The van der Waals surface area contributed by atoms with Crippen molar-refractivity contribution in [1.29, 1.82) is 0 Å². The molecule has 1 amide bonds. The summed E-state index contributed by atoms with van der Waals surface area (Å²) in [6, 6.07) is 10.1. The Morgan fingerprint density at radius 2 is 2.14 bits per heavy atom. The van der Waals surface area contributed by atoms with Gasteiger partial charge < -0.3 is 9.64 Å². The van der Waals surface area contributed by atoms with Gasteiger partial charge in [0, 0.05) is 31.4 Å². The minimum atomic E-state index is -0.0429. The Morgan fingerprint density at radius 1 is 1.27 bits per heavy atom. The van der Waals surface area contributed by atoms with Crippen LogP contribution < -0.4 is 0 Å². The second-order valence-corrected chi connectivity index (χ2v) is 5.50. The molecule has 2 heterocycles. The lowest BCUT2D eigenvalue weighted by Gasteiger charge is -2.16. The van der Waals surface area contributed by atoms with E-state index in [4.69, 9.17) is 4.74 Å². The van der Waals surface area contributed by atoms with Gasteiger partial charge >= 0.3 is 0 Å². The molecular weight excluding hydrogens is 278 g/mol. The number of hydrogen-bond acceptors (Lipinski definition) is 4. The maximum Gasteiger partial charge on any atom is 0.274 e. The van der Waals surface area contributed by atoms with E-state index in [1.54, 1.807) is 12.4 Å². The Bertz CT molecular complexity index is 604. The summed E-state index contributed by atoms with van der Waals surface area (Å²) in [6.07, 6.45) is 5.60. The summed E-state index contributed by atoms with van der Waals surface area (Å²) in [4.78, 5) is 22.1. The third-order valence-corrected chi connectivity index (χ3v) is 3.82. The Kier molecular flexibility index (Phi) is 4.75. The SMILES string of the molecule is O=C(c1cnccn1)N1CCC(COCc2ccccc2)C1. The van der Waals surface area contributed by atoms with Crippen molar-refractivity contribution in [3.05, 3.63) is 60.2 Å². The van der Waals surface area contributed by atoms with E-state index < -0.39 is 0 Å². The molecule has 5 nitrogen and oxygen atoms in total. The molecule has 0 radical (unpaired) electrons. The molecule has 0 bridgehead atoms. The van der Waals surface area contributed by atoms with Crippen molar-refractivity contribution in [1.82, 2.24) is 14.9 Å². The minimum absolute atomic E-state index is 0.0429. The third kappa shape index (κ3) is 3.68. The van der Waals surface area contributed by atoms with Gasteiger partial charge in [-0.1, -0.05) is 30.3 Å². The Hall–Kier alpha value is -2.27. The van der Waals surface area contributed by atoms with Gasteiger partial charge in [0.15, 0.2) is 0 Å². The van der Waals surface area contributed by atoms with Gasteiger partial charge in [-0.3, -0.25) is 9.78 Å². The summed E-state index contributed by atoms with van der Waals surface area (Å²) in [5.41, 5.74) is 1.58. The van der Waals surface area contributed by atoms with E-state index in [2.05, 4.69) is 22.1 Å². The van der Waals surface area contributed by atoms with Crippen molar-refractivity contribution < 1.29 is 9.53 Å². The molecule has 1 aromatic heterocycles. The molecule has 1 aliphatic rings. The molecule has 22 heavy (non-hydrogen) atoms. The van der Waals surface area contributed by atoms with Gasteiger partial charge in [-0.2, -0.15) is 0 Å². The van der Waals surface area contributed by atoms with E-state index in [1.807, 2.05) is 23.1 Å². The van der Waals surface area contributed by atoms with Gasteiger partial charge in [-0.15, -0.1) is 0 Å². The maximum atomic E-state index is 12.3. The predicted octanol–water partition coefficient (Wildman–Crippen LogP) is 2.16. The van der Waals surface area contributed by atoms with E-state index in [0.29, 0.717) is 24.8 Å². The molecule has 1 aromatic carbocycles. The van der Waals surface area contributed by atoms with Gasteiger partial charge in [0.1, 0.15) is 5.69 Å². The van der Waals surface area contributed by atoms with E-state index >= 15 is 0 Å². The molecule has 114 valence electrons. The zero-order valence-corrected chi connectivity index (χ0v) is 12.4. The lowest BCUT2D eigenvalue weighted by atomic mass is 10.1. The summed E-state index contributed by atoms with van der Waals surface area (Å²) >= 11 is 0. The molecule has 1 saturated heterocycles. The summed E-state index contributed by atoms with van der Waals surface area (Å²) in [6.45, 7) is 2.79. The summed E-state index contributed by atoms with van der Waals surface area (Å²) in [5, 5.41) is 0. The van der Waals surface area contributed by atoms with Gasteiger partial charge in [-0.25, -0.2) is 4.98 Å².